The summed E-state index contributed by atoms with van der Waals surface area (Å²) in [4.78, 5) is 15.6. The minimum absolute atomic E-state index is 0.343. The number of hydrogen-bond donors (Lipinski definition) is 2. The molecule has 0 radical (unpaired) electrons. The molecule has 0 aliphatic carbocycles. The fourth-order valence-electron chi connectivity index (χ4n) is 1.72. The quantitative estimate of drug-likeness (QED) is 0.758. The number of ether oxygens (including phenoxy) is 1. The van der Waals surface area contributed by atoms with Crippen LogP contribution in [0.5, 0.6) is 0 Å². The Morgan fingerprint density at radius 1 is 1.50 bits per heavy atom. The predicted molar refractivity (Wildman–Crippen MR) is 72.6 cm³/mol. The summed E-state index contributed by atoms with van der Waals surface area (Å²) in [7, 11) is 1.33. The molecule has 0 fully saturated rings. The van der Waals surface area contributed by atoms with Gasteiger partial charge in [-0.05, 0) is 12.0 Å². The lowest BCUT2D eigenvalue weighted by atomic mass is 10.0. The van der Waals surface area contributed by atoms with Crippen molar-refractivity contribution in [2.75, 3.05) is 24.7 Å². The molecule has 0 aromatic carbocycles. The van der Waals surface area contributed by atoms with Gasteiger partial charge in [0.2, 0.25) is 0 Å². The van der Waals surface area contributed by atoms with Crippen LogP contribution in [-0.2, 0) is 4.74 Å². The van der Waals surface area contributed by atoms with Gasteiger partial charge in [0.15, 0.2) is 0 Å². The van der Waals surface area contributed by atoms with Gasteiger partial charge in [0.25, 0.3) is 0 Å². The molecule has 18 heavy (non-hydrogen) atoms. The van der Waals surface area contributed by atoms with Crippen LogP contribution >= 0.6 is 0 Å². The monoisotopic (exact) mass is 251 g/mol. The zero-order valence-electron chi connectivity index (χ0n) is 11.2. The number of carbonyl (C=O) groups is 1. The van der Waals surface area contributed by atoms with Crippen molar-refractivity contribution in [3.8, 4) is 0 Å². The van der Waals surface area contributed by atoms with Gasteiger partial charge in [0.05, 0.1) is 18.4 Å². The molecule has 3 N–H and O–H groups in total. The second-order valence-corrected chi connectivity index (χ2v) is 4.18. The molecule has 0 aliphatic heterocycles. The van der Waals surface area contributed by atoms with Gasteiger partial charge in [-0.15, -0.1) is 0 Å². The second-order valence-electron chi connectivity index (χ2n) is 4.18. The van der Waals surface area contributed by atoms with Crippen LogP contribution in [0.4, 0.5) is 11.5 Å². The maximum Gasteiger partial charge on any atom is 0.340 e. The fourth-order valence-corrected chi connectivity index (χ4v) is 1.72. The van der Waals surface area contributed by atoms with E-state index in [1.807, 2.05) is 0 Å². The van der Waals surface area contributed by atoms with Crippen molar-refractivity contribution in [3.63, 3.8) is 0 Å². The first-order valence-electron chi connectivity index (χ1n) is 6.20. The van der Waals surface area contributed by atoms with Gasteiger partial charge in [-0.25, -0.2) is 9.78 Å². The molecule has 0 spiro atoms. The third-order valence-electron chi connectivity index (χ3n) is 3.11. The van der Waals surface area contributed by atoms with Crippen LogP contribution < -0.4 is 11.1 Å². The number of carbonyl (C=O) groups excluding carboxylic acids is 1. The molecule has 0 atom stereocenters. The molecule has 0 aliphatic rings. The third-order valence-corrected chi connectivity index (χ3v) is 3.11. The van der Waals surface area contributed by atoms with Crippen LogP contribution in [0.2, 0.25) is 0 Å². The number of nitrogens with one attached hydrogen (secondary N) is 1. The molecule has 0 unspecified atom stereocenters. The van der Waals surface area contributed by atoms with Gasteiger partial charge in [0.1, 0.15) is 5.82 Å². The summed E-state index contributed by atoms with van der Waals surface area (Å²) in [6.45, 7) is 5.10. The van der Waals surface area contributed by atoms with E-state index < -0.39 is 5.97 Å². The highest BCUT2D eigenvalue weighted by molar-refractivity contribution is 5.97. The molecule has 1 aromatic heterocycles. The van der Waals surface area contributed by atoms with Crippen LogP contribution in [0.25, 0.3) is 0 Å². The Morgan fingerprint density at radius 3 is 2.72 bits per heavy atom. The van der Waals surface area contributed by atoms with E-state index in [1.165, 1.54) is 7.11 Å². The van der Waals surface area contributed by atoms with E-state index in [4.69, 9.17) is 5.73 Å². The number of nitrogens with two attached hydrogens (primary N) is 1. The van der Waals surface area contributed by atoms with Crippen molar-refractivity contribution >= 4 is 17.5 Å². The summed E-state index contributed by atoms with van der Waals surface area (Å²) in [5, 5.41) is 3.19. The topological polar surface area (TPSA) is 77.2 Å². The Labute approximate surface area is 108 Å². The van der Waals surface area contributed by atoms with Gasteiger partial charge in [-0.3, -0.25) is 0 Å². The largest absolute Gasteiger partial charge is 0.465 e. The van der Waals surface area contributed by atoms with Crippen molar-refractivity contribution in [2.45, 2.75) is 26.7 Å². The second kappa shape index (κ2) is 6.83. The van der Waals surface area contributed by atoms with Crippen LogP contribution in [0.15, 0.2) is 12.3 Å². The number of hydrogen-bond acceptors (Lipinski definition) is 5. The number of nitrogens with zero attached hydrogens (tertiary/aromatic N) is 1. The molecule has 0 saturated carbocycles. The Hall–Kier alpha value is -1.78. The molecule has 1 aromatic rings. The van der Waals surface area contributed by atoms with Crippen LogP contribution in [0.1, 0.15) is 37.0 Å². The third kappa shape index (κ3) is 3.35. The first-order chi connectivity index (χ1) is 8.63. The smallest absolute Gasteiger partial charge is 0.340 e. The maximum atomic E-state index is 11.5. The van der Waals surface area contributed by atoms with E-state index in [2.05, 4.69) is 28.9 Å². The summed E-state index contributed by atoms with van der Waals surface area (Å²) in [5.41, 5.74) is 6.59. The van der Waals surface area contributed by atoms with Crippen molar-refractivity contribution in [3.05, 3.63) is 17.8 Å². The lowest BCUT2D eigenvalue weighted by Crippen LogP contribution is -2.16. The molecule has 0 amide bonds. The first kappa shape index (κ1) is 14.3. The van der Waals surface area contributed by atoms with Crippen LogP contribution in [0, 0.1) is 5.92 Å². The molecular formula is C13H21N3O2. The number of nitrogen functional groups attached to an aromatic ring is 1. The first-order valence-corrected chi connectivity index (χ1v) is 6.20. The summed E-state index contributed by atoms with van der Waals surface area (Å²) in [5.74, 6) is 0.679. The molecule has 100 valence electrons. The van der Waals surface area contributed by atoms with Gasteiger partial charge in [-0.1, -0.05) is 26.7 Å². The Bertz CT molecular complexity index is 403. The van der Waals surface area contributed by atoms with Crippen LogP contribution in [-0.4, -0.2) is 24.6 Å². The highest BCUT2D eigenvalue weighted by Crippen LogP contribution is 2.21. The normalized spacial score (nSPS) is 10.4. The lowest BCUT2D eigenvalue weighted by Gasteiger charge is -2.15. The SMILES string of the molecule is CCC(CC)CNc1nccc(C(=O)OC)c1N. The number of aromatic nitrogens is 1. The maximum absolute atomic E-state index is 11.5. The Balaban J connectivity index is 2.81. The van der Waals surface area contributed by atoms with Gasteiger partial charge >= 0.3 is 5.97 Å². The number of methoxy groups -OCH3 is 1. The number of pyridine rings is 1. The standard InChI is InChI=1S/C13H21N3O2/c1-4-9(5-2)8-16-12-11(14)10(6-7-15-12)13(17)18-3/h6-7,9H,4-5,8,14H2,1-3H3,(H,15,16). The molecule has 0 saturated heterocycles. The summed E-state index contributed by atoms with van der Waals surface area (Å²) in [6, 6.07) is 1.56. The van der Waals surface area contributed by atoms with Crippen molar-refractivity contribution in [2.24, 2.45) is 5.92 Å². The van der Waals surface area contributed by atoms with E-state index in [1.54, 1.807) is 12.3 Å². The zero-order valence-corrected chi connectivity index (χ0v) is 11.2. The predicted octanol–water partition coefficient (Wildman–Crippen LogP) is 2.30. The van der Waals surface area contributed by atoms with E-state index in [0.717, 1.165) is 19.4 Å². The van der Waals surface area contributed by atoms with Gasteiger partial charge < -0.3 is 15.8 Å². The summed E-state index contributed by atoms with van der Waals surface area (Å²) in [6.07, 6.45) is 3.75. The highest BCUT2D eigenvalue weighted by Gasteiger charge is 2.14. The molecule has 5 heteroatoms. The van der Waals surface area contributed by atoms with E-state index in [9.17, 15) is 4.79 Å². The molecule has 0 bridgehead atoms. The van der Waals surface area contributed by atoms with Crippen molar-refractivity contribution < 1.29 is 9.53 Å². The minimum Gasteiger partial charge on any atom is -0.465 e. The average Bonchev–Trinajstić information content (AvgIpc) is 2.40. The summed E-state index contributed by atoms with van der Waals surface area (Å²) >= 11 is 0. The fraction of sp³-hybridized carbons (Fsp3) is 0.538. The zero-order chi connectivity index (χ0) is 13.5. The van der Waals surface area contributed by atoms with Crippen molar-refractivity contribution in [1.82, 2.24) is 4.98 Å². The van der Waals surface area contributed by atoms with Crippen molar-refractivity contribution in [1.29, 1.82) is 0 Å². The number of anilines is 2. The lowest BCUT2D eigenvalue weighted by molar-refractivity contribution is 0.0602. The molecular weight excluding hydrogens is 230 g/mol. The summed E-state index contributed by atoms with van der Waals surface area (Å²) < 4.78 is 4.67. The number of esters is 1. The average molecular weight is 251 g/mol. The van der Waals surface area contributed by atoms with E-state index >= 15 is 0 Å². The van der Waals surface area contributed by atoms with Crippen LogP contribution in [0.3, 0.4) is 0 Å². The highest BCUT2D eigenvalue weighted by atomic mass is 16.5. The van der Waals surface area contributed by atoms with E-state index in [-0.39, 0.29) is 0 Å². The molecule has 1 heterocycles. The molecule has 1 rings (SSSR count). The van der Waals surface area contributed by atoms with Gasteiger partial charge in [-0.2, -0.15) is 0 Å². The molecule has 5 nitrogen and oxygen atoms in total. The van der Waals surface area contributed by atoms with Gasteiger partial charge in [0, 0.05) is 12.7 Å². The number of rotatable bonds is 6. The Morgan fingerprint density at radius 2 is 2.17 bits per heavy atom. The van der Waals surface area contributed by atoms with E-state index in [0.29, 0.717) is 23.0 Å². The Kier molecular flexibility index (Phi) is 5.42. The minimum atomic E-state index is -0.444.